The number of ether oxygens (including phenoxy) is 1. The average Bonchev–Trinajstić information content (AvgIpc) is 2.89. The first-order valence-electron chi connectivity index (χ1n) is 6.21. The zero-order valence-electron chi connectivity index (χ0n) is 10.7. The number of hydrogen-bond acceptors (Lipinski definition) is 3. The zero-order valence-corrected chi connectivity index (χ0v) is 10.7. The quantitative estimate of drug-likeness (QED) is 0.589. The van der Waals surface area contributed by atoms with E-state index in [-0.39, 0.29) is 5.91 Å². The molecule has 0 radical (unpaired) electrons. The molecule has 0 aliphatic heterocycles. The fraction of sp³-hybridized carbons (Fsp3) is 0.286. The summed E-state index contributed by atoms with van der Waals surface area (Å²) in [6.07, 6.45) is 4.35. The largest absolute Gasteiger partial charge is 0.379 e. The van der Waals surface area contributed by atoms with Crippen molar-refractivity contribution >= 4 is 16.8 Å². The molecule has 0 aliphatic carbocycles. The van der Waals surface area contributed by atoms with Crippen LogP contribution in [0.3, 0.4) is 0 Å². The van der Waals surface area contributed by atoms with Gasteiger partial charge in [0.1, 0.15) is 0 Å². The van der Waals surface area contributed by atoms with Crippen LogP contribution in [0.5, 0.6) is 0 Å². The Hall–Kier alpha value is -2.14. The SMILES string of the molecule is C=CCCOCCNC(=O)c1ccc2cn[nH]c2c1. The zero-order chi connectivity index (χ0) is 13.5. The van der Waals surface area contributed by atoms with Crippen LogP contribution in [0.1, 0.15) is 16.8 Å². The molecule has 2 rings (SSSR count). The molecule has 1 heterocycles. The average molecular weight is 259 g/mol. The second-order valence-corrected chi connectivity index (χ2v) is 4.12. The highest BCUT2D eigenvalue weighted by Crippen LogP contribution is 2.12. The number of benzene rings is 1. The molecule has 2 aromatic rings. The summed E-state index contributed by atoms with van der Waals surface area (Å²) in [7, 11) is 0. The molecule has 1 aromatic carbocycles. The molecule has 0 saturated heterocycles. The van der Waals surface area contributed by atoms with E-state index in [1.54, 1.807) is 24.4 Å². The Morgan fingerprint density at radius 2 is 2.37 bits per heavy atom. The maximum atomic E-state index is 11.9. The molecule has 2 N–H and O–H groups in total. The summed E-state index contributed by atoms with van der Waals surface area (Å²) in [6, 6.07) is 5.44. The van der Waals surface area contributed by atoms with Crippen molar-refractivity contribution in [1.82, 2.24) is 15.5 Å². The summed E-state index contributed by atoms with van der Waals surface area (Å²) < 4.78 is 5.32. The van der Waals surface area contributed by atoms with E-state index < -0.39 is 0 Å². The number of nitrogens with one attached hydrogen (secondary N) is 2. The van der Waals surface area contributed by atoms with Crippen LogP contribution < -0.4 is 5.32 Å². The third kappa shape index (κ3) is 3.66. The van der Waals surface area contributed by atoms with Crippen molar-refractivity contribution in [3.63, 3.8) is 0 Å². The van der Waals surface area contributed by atoms with Crippen LogP contribution in [0.4, 0.5) is 0 Å². The standard InChI is InChI=1S/C14H17N3O2/c1-2-3-7-19-8-6-15-14(18)11-4-5-12-10-16-17-13(12)9-11/h2,4-5,9-10H,1,3,6-8H2,(H,15,18)(H,16,17). The summed E-state index contributed by atoms with van der Waals surface area (Å²) in [5.74, 6) is -0.108. The van der Waals surface area contributed by atoms with Gasteiger partial charge in [-0.2, -0.15) is 5.10 Å². The van der Waals surface area contributed by atoms with Gasteiger partial charge >= 0.3 is 0 Å². The van der Waals surface area contributed by atoms with Gasteiger partial charge in [-0.1, -0.05) is 12.1 Å². The fourth-order valence-corrected chi connectivity index (χ4v) is 1.69. The molecule has 5 nitrogen and oxygen atoms in total. The Morgan fingerprint density at radius 3 is 3.21 bits per heavy atom. The molecule has 0 atom stereocenters. The van der Waals surface area contributed by atoms with E-state index in [2.05, 4.69) is 22.1 Å². The maximum absolute atomic E-state index is 11.9. The van der Waals surface area contributed by atoms with Gasteiger partial charge in [-0.15, -0.1) is 6.58 Å². The Labute approximate surface area is 111 Å². The third-order valence-electron chi connectivity index (χ3n) is 2.70. The first kappa shape index (κ1) is 13.3. The van der Waals surface area contributed by atoms with Gasteiger partial charge in [0.05, 0.1) is 24.9 Å². The molecule has 1 amide bonds. The lowest BCUT2D eigenvalue weighted by Gasteiger charge is -2.06. The van der Waals surface area contributed by atoms with Crippen LogP contribution in [-0.2, 0) is 4.74 Å². The van der Waals surface area contributed by atoms with Crippen molar-refractivity contribution in [3.05, 3.63) is 42.6 Å². The number of carbonyl (C=O) groups excluding carboxylic acids is 1. The Kier molecular flexibility index (Phi) is 4.69. The molecule has 0 spiro atoms. The highest BCUT2D eigenvalue weighted by atomic mass is 16.5. The predicted molar refractivity (Wildman–Crippen MR) is 74.1 cm³/mol. The molecule has 0 saturated carbocycles. The smallest absolute Gasteiger partial charge is 0.251 e. The number of carbonyl (C=O) groups is 1. The van der Waals surface area contributed by atoms with Gasteiger partial charge in [0.2, 0.25) is 0 Å². The van der Waals surface area contributed by atoms with E-state index in [0.29, 0.717) is 25.3 Å². The molecule has 0 bridgehead atoms. The first-order valence-corrected chi connectivity index (χ1v) is 6.21. The van der Waals surface area contributed by atoms with Crippen molar-refractivity contribution in [2.45, 2.75) is 6.42 Å². The van der Waals surface area contributed by atoms with Gasteiger partial charge < -0.3 is 10.1 Å². The lowest BCUT2D eigenvalue weighted by molar-refractivity contribution is 0.0918. The monoisotopic (exact) mass is 259 g/mol. The van der Waals surface area contributed by atoms with Crippen LogP contribution >= 0.6 is 0 Å². The highest BCUT2D eigenvalue weighted by Gasteiger charge is 2.06. The second-order valence-electron chi connectivity index (χ2n) is 4.12. The van der Waals surface area contributed by atoms with Crippen LogP contribution in [0, 0.1) is 0 Å². The minimum Gasteiger partial charge on any atom is -0.379 e. The lowest BCUT2D eigenvalue weighted by atomic mass is 10.1. The summed E-state index contributed by atoms with van der Waals surface area (Å²) >= 11 is 0. The van der Waals surface area contributed by atoms with Gasteiger partial charge in [0, 0.05) is 17.5 Å². The van der Waals surface area contributed by atoms with Crippen molar-refractivity contribution in [1.29, 1.82) is 0 Å². The normalized spacial score (nSPS) is 10.5. The topological polar surface area (TPSA) is 67.0 Å². The number of H-pyrrole nitrogens is 1. The molecule has 5 heteroatoms. The molecule has 0 aliphatic rings. The summed E-state index contributed by atoms with van der Waals surface area (Å²) in [5, 5.41) is 10.6. The number of rotatable bonds is 7. The molecular weight excluding hydrogens is 242 g/mol. The Balaban J connectivity index is 1.80. The summed E-state index contributed by atoms with van der Waals surface area (Å²) in [5.41, 5.74) is 1.47. The highest BCUT2D eigenvalue weighted by molar-refractivity contribution is 5.97. The van der Waals surface area contributed by atoms with E-state index in [4.69, 9.17) is 4.74 Å². The number of nitrogens with zero attached hydrogens (tertiary/aromatic N) is 1. The summed E-state index contributed by atoms with van der Waals surface area (Å²) in [6.45, 7) is 5.25. The Bertz CT molecular complexity index is 563. The van der Waals surface area contributed by atoms with Gasteiger partial charge in [0.25, 0.3) is 5.91 Å². The van der Waals surface area contributed by atoms with Gasteiger partial charge in [-0.05, 0) is 18.6 Å². The number of aromatic amines is 1. The molecule has 1 aromatic heterocycles. The Morgan fingerprint density at radius 1 is 1.47 bits per heavy atom. The minimum absolute atomic E-state index is 0.108. The van der Waals surface area contributed by atoms with Crippen molar-refractivity contribution in [2.75, 3.05) is 19.8 Å². The van der Waals surface area contributed by atoms with E-state index >= 15 is 0 Å². The van der Waals surface area contributed by atoms with Crippen LogP contribution in [0.2, 0.25) is 0 Å². The van der Waals surface area contributed by atoms with Gasteiger partial charge in [-0.3, -0.25) is 9.89 Å². The van der Waals surface area contributed by atoms with Gasteiger partial charge in [0.15, 0.2) is 0 Å². The molecule has 19 heavy (non-hydrogen) atoms. The minimum atomic E-state index is -0.108. The number of amides is 1. The third-order valence-corrected chi connectivity index (χ3v) is 2.70. The van der Waals surface area contributed by atoms with Crippen LogP contribution in [-0.4, -0.2) is 35.9 Å². The van der Waals surface area contributed by atoms with E-state index in [9.17, 15) is 4.79 Å². The van der Waals surface area contributed by atoms with Crippen LogP contribution in [0.25, 0.3) is 10.9 Å². The first-order chi connectivity index (χ1) is 9.31. The fourth-order valence-electron chi connectivity index (χ4n) is 1.69. The lowest BCUT2D eigenvalue weighted by Crippen LogP contribution is -2.27. The van der Waals surface area contributed by atoms with Crippen molar-refractivity contribution < 1.29 is 9.53 Å². The van der Waals surface area contributed by atoms with E-state index in [1.807, 2.05) is 6.07 Å². The molecule has 100 valence electrons. The van der Waals surface area contributed by atoms with Crippen LogP contribution in [0.15, 0.2) is 37.1 Å². The predicted octanol–water partition coefficient (Wildman–Crippen LogP) is 1.89. The van der Waals surface area contributed by atoms with Crippen molar-refractivity contribution in [3.8, 4) is 0 Å². The second kappa shape index (κ2) is 6.70. The molecule has 0 fully saturated rings. The number of fused-ring (bicyclic) bond motifs is 1. The number of hydrogen-bond donors (Lipinski definition) is 2. The van der Waals surface area contributed by atoms with Crippen molar-refractivity contribution in [2.24, 2.45) is 0 Å². The molecular formula is C14H17N3O2. The van der Waals surface area contributed by atoms with Gasteiger partial charge in [-0.25, -0.2) is 0 Å². The summed E-state index contributed by atoms with van der Waals surface area (Å²) in [4.78, 5) is 11.9. The maximum Gasteiger partial charge on any atom is 0.251 e. The number of aromatic nitrogens is 2. The molecule has 0 unspecified atom stereocenters. The van der Waals surface area contributed by atoms with E-state index in [0.717, 1.165) is 17.3 Å². The van der Waals surface area contributed by atoms with E-state index in [1.165, 1.54) is 0 Å².